The number of rotatable bonds is 5. The lowest BCUT2D eigenvalue weighted by Gasteiger charge is -2.31. The Morgan fingerprint density at radius 3 is 1.96 bits per heavy atom. The molecule has 8 nitrogen and oxygen atoms in total. The normalized spacial score (nSPS) is 17.6. The Bertz CT molecular complexity index is 893. The Morgan fingerprint density at radius 2 is 1.52 bits per heavy atom. The number of hydrogen-bond donors (Lipinski definition) is 0. The minimum atomic E-state index is -3.83. The van der Waals surface area contributed by atoms with E-state index in [1.165, 1.54) is 20.2 Å². The van der Waals surface area contributed by atoms with E-state index >= 15 is 0 Å². The predicted octanol–water partition coefficient (Wildman–Crippen LogP) is 2.38. The number of nitro groups is 1. The van der Waals surface area contributed by atoms with Crippen molar-refractivity contribution >= 4 is 27.1 Å². The second-order valence-corrected chi connectivity index (χ2v) is 8.89. The number of nitro benzene ring substituents is 1. The highest BCUT2D eigenvalue weighted by atomic mass is 32.2. The van der Waals surface area contributed by atoms with Gasteiger partial charge < -0.3 is 9.80 Å². The van der Waals surface area contributed by atoms with Gasteiger partial charge in [0.1, 0.15) is 10.6 Å². The molecule has 0 saturated carbocycles. The van der Waals surface area contributed by atoms with Gasteiger partial charge in [0.2, 0.25) is 10.0 Å². The molecule has 0 radical (unpaired) electrons. The first-order valence-electron chi connectivity index (χ1n) is 8.87. The van der Waals surface area contributed by atoms with E-state index in [4.69, 9.17) is 0 Å². The quantitative estimate of drug-likeness (QED) is 0.434. The van der Waals surface area contributed by atoms with Crippen LogP contribution in [-0.2, 0) is 10.0 Å². The number of nitrogens with zero attached hydrogens (tertiary/aromatic N) is 4. The summed E-state index contributed by atoms with van der Waals surface area (Å²) < 4.78 is 26.9. The van der Waals surface area contributed by atoms with Gasteiger partial charge in [0.15, 0.2) is 0 Å². The molecule has 0 atom stereocenters. The molecule has 27 heavy (non-hydrogen) atoms. The maximum atomic E-state index is 12.9. The highest BCUT2D eigenvalue weighted by Crippen LogP contribution is 2.39. The van der Waals surface area contributed by atoms with Crippen LogP contribution in [0.15, 0.2) is 41.3 Å². The Hall–Kier alpha value is -2.39. The van der Waals surface area contributed by atoms with E-state index in [1.54, 1.807) is 6.07 Å². The van der Waals surface area contributed by atoms with Gasteiger partial charge in [-0.3, -0.25) is 10.1 Å². The number of hydrogen-bond acceptors (Lipinski definition) is 6. The average Bonchev–Trinajstić information content (AvgIpc) is 2.68. The topological polar surface area (TPSA) is 87.0 Å². The van der Waals surface area contributed by atoms with Gasteiger partial charge in [0.05, 0.1) is 10.6 Å². The fourth-order valence-electron chi connectivity index (χ4n) is 3.32. The molecule has 2 aliphatic heterocycles. The Kier molecular flexibility index (Phi) is 5.52. The van der Waals surface area contributed by atoms with E-state index in [1.807, 2.05) is 28.0 Å². The molecule has 1 aromatic carbocycles. The summed E-state index contributed by atoms with van der Waals surface area (Å²) in [5.41, 5.74) is 0.803. The van der Waals surface area contributed by atoms with Crippen molar-refractivity contribution in [1.82, 2.24) is 4.31 Å². The van der Waals surface area contributed by atoms with Crippen molar-refractivity contribution in [2.24, 2.45) is 0 Å². The lowest BCUT2D eigenvalue weighted by Crippen LogP contribution is -2.32. The lowest BCUT2D eigenvalue weighted by atomic mass is 10.1. The summed E-state index contributed by atoms with van der Waals surface area (Å²) in [5.74, 6) is 0. The standard InChI is InChI=1S/C18H24N4O4S/c1-19(2)27(25,26)18-14-16(22(23)24)15(20-9-5-3-6-10-20)13-17(18)21-11-7-4-8-12-21/h3-5,7,13-14H,6,8-12H2,1-2H3. The van der Waals surface area contributed by atoms with Crippen LogP contribution in [0, 0.1) is 10.1 Å². The van der Waals surface area contributed by atoms with Crippen LogP contribution in [0.3, 0.4) is 0 Å². The molecule has 0 amide bonds. The lowest BCUT2D eigenvalue weighted by molar-refractivity contribution is -0.384. The van der Waals surface area contributed by atoms with Gasteiger partial charge >= 0.3 is 0 Å². The van der Waals surface area contributed by atoms with Crippen molar-refractivity contribution in [3.63, 3.8) is 0 Å². The molecule has 146 valence electrons. The molecule has 0 unspecified atom stereocenters. The molecular formula is C18H24N4O4S. The van der Waals surface area contributed by atoms with Gasteiger partial charge in [-0.15, -0.1) is 0 Å². The second-order valence-electron chi connectivity index (χ2n) is 6.77. The zero-order valence-corrected chi connectivity index (χ0v) is 16.4. The third-order valence-electron chi connectivity index (χ3n) is 4.81. The summed E-state index contributed by atoms with van der Waals surface area (Å²) in [5, 5.41) is 11.7. The predicted molar refractivity (Wildman–Crippen MR) is 106 cm³/mol. The van der Waals surface area contributed by atoms with Crippen LogP contribution in [-0.4, -0.2) is 57.9 Å². The Morgan fingerprint density at radius 1 is 0.963 bits per heavy atom. The van der Waals surface area contributed by atoms with Crippen LogP contribution in [0.2, 0.25) is 0 Å². The van der Waals surface area contributed by atoms with Crippen molar-refractivity contribution in [2.75, 3.05) is 50.1 Å². The monoisotopic (exact) mass is 392 g/mol. The minimum Gasteiger partial charge on any atom is -0.366 e. The van der Waals surface area contributed by atoms with Crippen LogP contribution in [0.1, 0.15) is 12.8 Å². The second kappa shape index (κ2) is 7.69. The Balaban J connectivity index is 2.22. The van der Waals surface area contributed by atoms with E-state index in [9.17, 15) is 18.5 Å². The average molecular weight is 392 g/mol. The number of anilines is 2. The summed E-state index contributed by atoms with van der Waals surface area (Å²) >= 11 is 0. The van der Waals surface area contributed by atoms with Crippen LogP contribution >= 0.6 is 0 Å². The molecule has 0 aromatic heterocycles. The summed E-state index contributed by atoms with van der Waals surface area (Å²) in [6, 6.07) is 2.89. The van der Waals surface area contributed by atoms with Crippen molar-refractivity contribution in [3.8, 4) is 0 Å². The van der Waals surface area contributed by atoms with E-state index in [-0.39, 0.29) is 10.6 Å². The summed E-state index contributed by atoms with van der Waals surface area (Å²) in [6.45, 7) is 2.48. The van der Waals surface area contributed by atoms with Crippen LogP contribution in [0.25, 0.3) is 0 Å². The Labute approximate surface area is 159 Å². The smallest absolute Gasteiger partial charge is 0.294 e. The van der Waals surface area contributed by atoms with Crippen molar-refractivity contribution in [1.29, 1.82) is 0 Å². The molecular weight excluding hydrogens is 368 g/mol. The van der Waals surface area contributed by atoms with E-state index < -0.39 is 14.9 Å². The molecule has 9 heteroatoms. The molecule has 0 fully saturated rings. The number of benzene rings is 1. The molecule has 0 N–H and O–H groups in total. The van der Waals surface area contributed by atoms with Crippen LogP contribution < -0.4 is 9.80 Å². The summed E-state index contributed by atoms with van der Waals surface area (Å²) in [7, 11) is -0.960. The SMILES string of the molecule is CN(C)S(=O)(=O)c1cc([N+](=O)[O-])c(N2CC=CCC2)cc1N1CC=CCC1. The highest BCUT2D eigenvalue weighted by Gasteiger charge is 2.31. The van der Waals surface area contributed by atoms with E-state index in [2.05, 4.69) is 6.08 Å². The van der Waals surface area contributed by atoms with Gasteiger partial charge in [-0.25, -0.2) is 12.7 Å². The molecule has 3 rings (SSSR count). The number of sulfonamides is 1. The first-order chi connectivity index (χ1) is 12.8. The fourth-order valence-corrected chi connectivity index (χ4v) is 4.42. The van der Waals surface area contributed by atoms with Gasteiger partial charge in [0.25, 0.3) is 5.69 Å². The fraction of sp³-hybridized carbons (Fsp3) is 0.444. The van der Waals surface area contributed by atoms with Crippen molar-refractivity contribution < 1.29 is 13.3 Å². The maximum absolute atomic E-state index is 12.9. The first kappa shape index (κ1) is 19.4. The van der Waals surface area contributed by atoms with E-state index in [0.717, 1.165) is 17.1 Å². The molecule has 0 bridgehead atoms. The highest BCUT2D eigenvalue weighted by molar-refractivity contribution is 7.89. The van der Waals surface area contributed by atoms with Crippen LogP contribution in [0.5, 0.6) is 0 Å². The molecule has 2 aliphatic rings. The molecule has 0 aliphatic carbocycles. The summed E-state index contributed by atoms with van der Waals surface area (Å²) in [4.78, 5) is 15.1. The van der Waals surface area contributed by atoms with Gasteiger partial charge in [-0.2, -0.15) is 0 Å². The largest absolute Gasteiger partial charge is 0.366 e. The molecule has 1 aromatic rings. The van der Waals surface area contributed by atoms with Gasteiger partial charge in [-0.1, -0.05) is 24.3 Å². The molecule has 2 heterocycles. The zero-order valence-electron chi connectivity index (χ0n) is 15.5. The van der Waals surface area contributed by atoms with Crippen LogP contribution in [0.4, 0.5) is 17.1 Å². The van der Waals surface area contributed by atoms with Gasteiger partial charge in [0, 0.05) is 46.3 Å². The maximum Gasteiger partial charge on any atom is 0.294 e. The first-order valence-corrected chi connectivity index (χ1v) is 10.3. The minimum absolute atomic E-state index is 0.0224. The van der Waals surface area contributed by atoms with E-state index in [0.29, 0.717) is 37.6 Å². The zero-order chi connectivity index (χ0) is 19.6. The van der Waals surface area contributed by atoms with Gasteiger partial charge in [-0.05, 0) is 18.9 Å². The third-order valence-corrected chi connectivity index (χ3v) is 6.65. The van der Waals surface area contributed by atoms with Crippen molar-refractivity contribution in [3.05, 3.63) is 46.6 Å². The third kappa shape index (κ3) is 3.84. The van der Waals surface area contributed by atoms with Crippen molar-refractivity contribution in [2.45, 2.75) is 17.7 Å². The summed E-state index contributed by atoms with van der Waals surface area (Å²) in [6.07, 6.45) is 9.67. The molecule has 0 spiro atoms. The molecule has 0 saturated heterocycles.